The van der Waals surface area contributed by atoms with Gasteiger partial charge >= 0.3 is 0 Å². The summed E-state index contributed by atoms with van der Waals surface area (Å²) in [5.74, 6) is 0.427. The minimum absolute atomic E-state index is 0.0745. The molecule has 4 heteroatoms. The van der Waals surface area contributed by atoms with Gasteiger partial charge in [0.25, 0.3) is 0 Å². The van der Waals surface area contributed by atoms with E-state index < -0.39 is 0 Å². The van der Waals surface area contributed by atoms with Crippen LogP contribution in [-0.4, -0.2) is 30.7 Å². The fraction of sp³-hybridized carbons (Fsp3) is 0.917. The lowest BCUT2D eigenvalue weighted by Gasteiger charge is -2.28. The van der Waals surface area contributed by atoms with Gasteiger partial charge in [-0.1, -0.05) is 6.92 Å². The molecular weight excluding hydrogens is 204 g/mol. The van der Waals surface area contributed by atoms with Crippen molar-refractivity contribution in [3.05, 3.63) is 0 Å². The third-order valence-corrected chi connectivity index (χ3v) is 3.76. The van der Waals surface area contributed by atoms with Gasteiger partial charge in [-0.15, -0.1) is 0 Å². The van der Waals surface area contributed by atoms with Gasteiger partial charge in [0.05, 0.1) is 0 Å². The first-order chi connectivity index (χ1) is 7.66. The average Bonchev–Trinajstić information content (AvgIpc) is 2.68. The molecule has 1 aliphatic carbocycles. The molecule has 0 spiro atoms. The zero-order valence-corrected chi connectivity index (χ0v) is 9.95. The Morgan fingerprint density at radius 2 is 1.94 bits per heavy atom. The molecule has 4 nitrogen and oxygen atoms in total. The number of rotatable bonds is 2. The van der Waals surface area contributed by atoms with E-state index in [0.29, 0.717) is 18.0 Å². The van der Waals surface area contributed by atoms with Crippen LogP contribution >= 0.6 is 0 Å². The van der Waals surface area contributed by atoms with Gasteiger partial charge in [0.2, 0.25) is 5.91 Å². The molecule has 1 aliphatic heterocycles. The summed E-state index contributed by atoms with van der Waals surface area (Å²) in [5, 5.41) is 3.09. The number of nitrogens with two attached hydrogens (primary N) is 1. The molecule has 2 atom stereocenters. The summed E-state index contributed by atoms with van der Waals surface area (Å²) >= 11 is 0. The summed E-state index contributed by atoms with van der Waals surface area (Å²) in [6.45, 7) is 2.79. The Labute approximate surface area is 96.9 Å². The molecule has 16 heavy (non-hydrogen) atoms. The van der Waals surface area contributed by atoms with Crippen LogP contribution in [0.1, 0.15) is 39.0 Å². The molecule has 2 aliphatic rings. The first-order valence-corrected chi connectivity index (χ1v) is 6.34. The highest BCUT2D eigenvalue weighted by Gasteiger charge is 2.32. The predicted molar refractivity (Wildman–Crippen MR) is 61.9 cm³/mol. The maximum Gasteiger partial charge on any atom is 0.249 e. The molecule has 92 valence electrons. The van der Waals surface area contributed by atoms with Crippen LogP contribution in [0.5, 0.6) is 0 Å². The molecule has 0 radical (unpaired) electrons. The van der Waals surface area contributed by atoms with Gasteiger partial charge in [-0.05, 0) is 38.0 Å². The van der Waals surface area contributed by atoms with Crippen LogP contribution in [0, 0.1) is 5.92 Å². The highest BCUT2D eigenvalue weighted by Crippen LogP contribution is 2.22. The van der Waals surface area contributed by atoms with Crippen molar-refractivity contribution in [1.29, 1.82) is 0 Å². The van der Waals surface area contributed by atoms with Crippen LogP contribution in [0.2, 0.25) is 0 Å². The lowest BCUT2D eigenvalue weighted by atomic mass is 9.91. The predicted octanol–water partition coefficient (Wildman–Crippen LogP) is 0.797. The first kappa shape index (κ1) is 11.9. The van der Waals surface area contributed by atoms with Gasteiger partial charge in [0, 0.05) is 18.7 Å². The normalized spacial score (nSPS) is 39.6. The number of hydrogen-bond acceptors (Lipinski definition) is 3. The Morgan fingerprint density at radius 1 is 1.25 bits per heavy atom. The van der Waals surface area contributed by atoms with Crippen LogP contribution in [0.4, 0.5) is 0 Å². The summed E-state index contributed by atoms with van der Waals surface area (Å²) in [5.41, 5.74) is 5.83. The SMILES string of the molecule is CC1CCOC1C(=O)NC1CCC(N)CC1. The zero-order chi connectivity index (χ0) is 11.5. The molecule has 2 rings (SSSR count). The lowest BCUT2D eigenvalue weighted by molar-refractivity contribution is -0.132. The van der Waals surface area contributed by atoms with Gasteiger partial charge in [0.15, 0.2) is 0 Å². The number of hydrogen-bond donors (Lipinski definition) is 2. The minimum atomic E-state index is -0.226. The summed E-state index contributed by atoms with van der Waals surface area (Å²) < 4.78 is 5.45. The van der Waals surface area contributed by atoms with Crippen molar-refractivity contribution in [2.24, 2.45) is 11.7 Å². The van der Waals surface area contributed by atoms with Crippen LogP contribution in [-0.2, 0) is 9.53 Å². The van der Waals surface area contributed by atoms with Crippen LogP contribution in [0.15, 0.2) is 0 Å². The van der Waals surface area contributed by atoms with E-state index in [1.807, 2.05) is 0 Å². The van der Waals surface area contributed by atoms with E-state index >= 15 is 0 Å². The van der Waals surface area contributed by atoms with Crippen molar-refractivity contribution < 1.29 is 9.53 Å². The second-order valence-electron chi connectivity index (χ2n) is 5.18. The number of nitrogens with one attached hydrogen (secondary N) is 1. The Balaban J connectivity index is 1.78. The smallest absolute Gasteiger partial charge is 0.249 e. The van der Waals surface area contributed by atoms with E-state index in [1.54, 1.807) is 0 Å². The molecule has 3 N–H and O–H groups in total. The van der Waals surface area contributed by atoms with E-state index in [4.69, 9.17) is 10.5 Å². The van der Waals surface area contributed by atoms with Crippen LogP contribution < -0.4 is 11.1 Å². The number of ether oxygens (including phenoxy) is 1. The van der Waals surface area contributed by atoms with E-state index in [0.717, 1.165) is 38.7 Å². The molecule has 0 aromatic carbocycles. The van der Waals surface area contributed by atoms with Crippen LogP contribution in [0.3, 0.4) is 0 Å². The Kier molecular flexibility index (Phi) is 3.82. The summed E-state index contributed by atoms with van der Waals surface area (Å²) in [6, 6.07) is 0.638. The average molecular weight is 226 g/mol. The molecule has 1 saturated carbocycles. The standard InChI is InChI=1S/C12H22N2O2/c1-8-6-7-16-11(8)12(15)14-10-4-2-9(13)3-5-10/h8-11H,2-7,13H2,1H3,(H,14,15). The second-order valence-corrected chi connectivity index (χ2v) is 5.18. The monoisotopic (exact) mass is 226 g/mol. The van der Waals surface area contributed by atoms with Crippen molar-refractivity contribution >= 4 is 5.91 Å². The zero-order valence-electron chi connectivity index (χ0n) is 9.95. The lowest BCUT2D eigenvalue weighted by Crippen LogP contribution is -2.45. The van der Waals surface area contributed by atoms with Gasteiger partial charge < -0.3 is 15.8 Å². The highest BCUT2D eigenvalue weighted by molar-refractivity contribution is 5.81. The van der Waals surface area contributed by atoms with E-state index in [-0.39, 0.29) is 12.0 Å². The van der Waals surface area contributed by atoms with Gasteiger partial charge in [0.1, 0.15) is 6.10 Å². The molecule has 1 heterocycles. The Morgan fingerprint density at radius 3 is 2.50 bits per heavy atom. The van der Waals surface area contributed by atoms with Gasteiger partial charge in [-0.3, -0.25) is 4.79 Å². The van der Waals surface area contributed by atoms with E-state index in [9.17, 15) is 4.79 Å². The molecule has 0 aromatic heterocycles. The Bertz CT molecular complexity index is 249. The fourth-order valence-electron chi connectivity index (χ4n) is 2.58. The molecule has 0 bridgehead atoms. The van der Waals surface area contributed by atoms with Gasteiger partial charge in [-0.25, -0.2) is 0 Å². The number of amides is 1. The molecule has 2 fully saturated rings. The number of carbonyl (C=O) groups is 1. The third-order valence-electron chi connectivity index (χ3n) is 3.76. The largest absolute Gasteiger partial charge is 0.368 e. The minimum Gasteiger partial charge on any atom is -0.368 e. The molecule has 1 saturated heterocycles. The van der Waals surface area contributed by atoms with Gasteiger partial charge in [-0.2, -0.15) is 0 Å². The highest BCUT2D eigenvalue weighted by atomic mass is 16.5. The van der Waals surface area contributed by atoms with Crippen molar-refractivity contribution in [2.75, 3.05) is 6.61 Å². The maximum atomic E-state index is 11.9. The summed E-state index contributed by atoms with van der Waals surface area (Å²) in [6.07, 6.45) is 4.82. The molecule has 0 aromatic rings. The third kappa shape index (κ3) is 2.74. The maximum absolute atomic E-state index is 11.9. The first-order valence-electron chi connectivity index (χ1n) is 6.34. The molecular formula is C12H22N2O2. The van der Waals surface area contributed by atoms with Crippen molar-refractivity contribution in [3.63, 3.8) is 0 Å². The van der Waals surface area contributed by atoms with Crippen molar-refractivity contribution in [1.82, 2.24) is 5.32 Å². The van der Waals surface area contributed by atoms with E-state index in [1.165, 1.54) is 0 Å². The number of carbonyl (C=O) groups excluding carboxylic acids is 1. The molecule has 2 unspecified atom stereocenters. The quantitative estimate of drug-likeness (QED) is 0.732. The summed E-state index contributed by atoms with van der Waals surface area (Å²) in [4.78, 5) is 11.9. The summed E-state index contributed by atoms with van der Waals surface area (Å²) in [7, 11) is 0. The second kappa shape index (κ2) is 5.15. The van der Waals surface area contributed by atoms with E-state index in [2.05, 4.69) is 12.2 Å². The van der Waals surface area contributed by atoms with Crippen molar-refractivity contribution in [2.45, 2.75) is 57.2 Å². The fourth-order valence-corrected chi connectivity index (χ4v) is 2.58. The van der Waals surface area contributed by atoms with Crippen LogP contribution in [0.25, 0.3) is 0 Å². The molecule has 1 amide bonds. The topological polar surface area (TPSA) is 64.3 Å². The Hall–Kier alpha value is -0.610. The van der Waals surface area contributed by atoms with Crippen molar-refractivity contribution in [3.8, 4) is 0 Å².